The van der Waals surface area contributed by atoms with Gasteiger partial charge in [0.1, 0.15) is 0 Å². The highest BCUT2D eigenvalue weighted by Crippen LogP contribution is 2.42. The van der Waals surface area contributed by atoms with Crippen molar-refractivity contribution < 1.29 is 0 Å². The first kappa shape index (κ1) is 36.7. The lowest BCUT2D eigenvalue weighted by Crippen LogP contribution is -1.93. The van der Waals surface area contributed by atoms with E-state index in [1.54, 1.807) is 0 Å². The molecular formula is C58H38N4. The zero-order valence-electron chi connectivity index (χ0n) is 33.7. The number of aromatic nitrogens is 4. The Morgan fingerprint density at radius 1 is 0.242 bits per heavy atom. The first-order valence-corrected chi connectivity index (χ1v) is 20.8. The zero-order valence-corrected chi connectivity index (χ0v) is 33.7. The fourth-order valence-electron chi connectivity index (χ4n) is 8.59. The third-order valence-corrected chi connectivity index (χ3v) is 11.7. The Kier molecular flexibility index (Phi) is 9.49. The molecule has 4 heteroatoms. The van der Waals surface area contributed by atoms with Gasteiger partial charge < -0.3 is 0 Å². The molecule has 11 aromatic rings. The van der Waals surface area contributed by atoms with Crippen LogP contribution in [0, 0.1) is 0 Å². The second kappa shape index (κ2) is 16.0. The number of benzene rings is 7. The Hall–Kier alpha value is -8.34. The summed E-state index contributed by atoms with van der Waals surface area (Å²) >= 11 is 0. The lowest BCUT2D eigenvalue weighted by Gasteiger charge is -2.18. The van der Waals surface area contributed by atoms with Crippen LogP contribution in [0.1, 0.15) is 0 Å². The molecule has 4 aromatic heterocycles. The van der Waals surface area contributed by atoms with Crippen LogP contribution < -0.4 is 0 Å². The average molecular weight is 791 g/mol. The summed E-state index contributed by atoms with van der Waals surface area (Å²) in [5.41, 5.74) is 18.9. The molecule has 4 nitrogen and oxygen atoms in total. The number of pyridine rings is 4. The maximum absolute atomic E-state index is 5.02. The van der Waals surface area contributed by atoms with Gasteiger partial charge in [-0.3, -0.25) is 19.9 Å². The predicted molar refractivity (Wildman–Crippen MR) is 256 cm³/mol. The Labute approximate surface area is 360 Å². The molecule has 0 N–H and O–H groups in total. The highest BCUT2D eigenvalue weighted by atomic mass is 14.7. The van der Waals surface area contributed by atoms with Crippen molar-refractivity contribution in [3.8, 4) is 89.3 Å². The van der Waals surface area contributed by atoms with Crippen molar-refractivity contribution in [3.63, 3.8) is 0 Å². The van der Waals surface area contributed by atoms with Crippen LogP contribution in [0.2, 0.25) is 0 Å². The molecule has 0 aliphatic rings. The number of nitrogens with zero attached hydrogens (tertiary/aromatic N) is 4. The largest absolute Gasteiger partial charge is 0.256 e. The smallest absolute Gasteiger partial charge is 0.0965 e. The van der Waals surface area contributed by atoms with Crippen LogP contribution in [-0.4, -0.2) is 19.9 Å². The molecule has 7 aromatic carbocycles. The molecule has 0 aliphatic carbocycles. The van der Waals surface area contributed by atoms with E-state index in [2.05, 4.69) is 164 Å². The van der Waals surface area contributed by atoms with Crippen molar-refractivity contribution in [2.24, 2.45) is 0 Å². The highest BCUT2D eigenvalue weighted by Gasteiger charge is 2.17. The quantitative estimate of drug-likeness (QED) is 0.144. The van der Waals surface area contributed by atoms with Crippen molar-refractivity contribution in [2.45, 2.75) is 0 Å². The SMILES string of the molecule is c1ccc(-c2ccc(-c3ccccc3-c3cc(-c4ccccc4-c4ccc(-c5ccccc5)nc4)cc(-c4ccccc4-c4cnc5c(c4)ncc4ccccc45)c3)cn2)cc1. The van der Waals surface area contributed by atoms with E-state index in [1.807, 2.05) is 67.3 Å². The van der Waals surface area contributed by atoms with Gasteiger partial charge in [0.2, 0.25) is 0 Å². The molecule has 0 atom stereocenters. The molecule has 0 spiro atoms. The maximum Gasteiger partial charge on any atom is 0.0965 e. The van der Waals surface area contributed by atoms with Gasteiger partial charge in [-0.15, -0.1) is 0 Å². The Morgan fingerprint density at radius 2 is 0.645 bits per heavy atom. The number of hydrogen-bond donors (Lipinski definition) is 0. The van der Waals surface area contributed by atoms with Gasteiger partial charge in [-0.2, -0.15) is 0 Å². The van der Waals surface area contributed by atoms with E-state index in [0.29, 0.717) is 0 Å². The monoisotopic (exact) mass is 790 g/mol. The minimum Gasteiger partial charge on any atom is -0.256 e. The maximum atomic E-state index is 5.02. The summed E-state index contributed by atoms with van der Waals surface area (Å²) in [6.07, 6.45) is 7.91. The summed E-state index contributed by atoms with van der Waals surface area (Å²) in [4.78, 5) is 19.7. The summed E-state index contributed by atoms with van der Waals surface area (Å²) in [5.74, 6) is 0. The molecule has 0 amide bonds. The van der Waals surface area contributed by atoms with Gasteiger partial charge in [0.05, 0.1) is 22.4 Å². The van der Waals surface area contributed by atoms with E-state index in [-0.39, 0.29) is 0 Å². The van der Waals surface area contributed by atoms with Crippen molar-refractivity contribution in [3.05, 3.63) is 231 Å². The van der Waals surface area contributed by atoms with Crippen molar-refractivity contribution in [1.29, 1.82) is 0 Å². The van der Waals surface area contributed by atoms with Gasteiger partial charge in [0, 0.05) is 63.4 Å². The van der Waals surface area contributed by atoms with Crippen LogP contribution in [0.3, 0.4) is 0 Å². The standard InChI is InChI=1S/C58H38N4/c1-3-15-39(16-4-1)55-29-27-42(36-59-55)48-20-9-11-22-50(48)44-31-45(51-23-12-10-21-49(51)43-28-30-56(60-37-43)40-17-5-2-6-18-40)33-46(32-44)52-24-13-14-25-53(52)47-34-57-58(62-38-47)54-26-8-7-19-41(54)35-61-57/h1-38H. The summed E-state index contributed by atoms with van der Waals surface area (Å²) < 4.78 is 0. The van der Waals surface area contributed by atoms with Gasteiger partial charge in [-0.05, 0) is 86.5 Å². The van der Waals surface area contributed by atoms with Crippen LogP contribution in [0.25, 0.3) is 111 Å². The number of hydrogen-bond acceptors (Lipinski definition) is 4. The van der Waals surface area contributed by atoms with Crippen molar-refractivity contribution in [2.75, 3.05) is 0 Å². The number of rotatable bonds is 8. The van der Waals surface area contributed by atoms with Gasteiger partial charge in [-0.1, -0.05) is 170 Å². The third-order valence-electron chi connectivity index (χ3n) is 11.7. The summed E-state index contributed by atoms with van der Waals surface area (Å²) in [6, 6.07) is 72.6. The normalized spacial score (nSPS) is 11.2. The van der Waals surface area contributed by atoms with E-state index in [0.717, 1.165) is 111 Å². The molecule has 0 saturated carbocycles. The highest BCUT2D eigenvalue weighted by molar-refractivity contribution is 6.04. The van der Waals surface area contributed by atoms with Gasteiger partial charge in [-0.25, -0.2) is 0 Å². The predicted octanol–water partition coefficient (Wildman–Crippen LogP) is 14.9. The minimum absolute atomic E-state index is 0.868. The van der Waals surface area contributed by atoms with Crippen molar-refractivity contribution in [1.82, 2.24) is 19.9 Å². The molecule has 0 bridgehead atoms. The van der Waals surface area contributed by atoms with Crippen LogP contribution in [0.4, 0.5) is 0 Å². The molecule has 290 valence electrons. The second-order valence-corrected chi connectivity index (χ2v) is 15.5. The summed E-state index contributed by atoms with van der Waals surface area (Å²) in [6.45, 7) is 0. The van der Waals surface area contributed by atoms with Crippen LogP contribution in [0.15, 0.2) is 231 Å². The van der Waals surface area contributed by atoms with E-state index >= 15 is 0 Å². The molecule has 0 aliphatic heterocycles. The molecule has 0 saturated heterocycles. The molecule has 62 heavy (non-hydrogen) atoms. The Balaban J connectivity index is 1.08. The summed E-state index contributed by atoms with van der Waals surface area (Å²) in [5, 5.41) is 2.18. The summed E-state index contributed by atoms with van der Waals surface area (Å²) in [7, 11) is 0. The second-order valence-electron chi connectivity index (χ2n) is 15.5. The van der Waals surface area contributed by atoms with Gasteiger partial charge in [0.25, 0.3) is 0 Å². The van der Waals surface area contributed by atoms with Crippen LogP contribution in [0.5, 0.6) is 0 Å². The van der Waals surface area contributed by atoms with Crippen molar-refractivity contribution >= 4 is 21.8 Å². The fraction of sp³-hybridized carbons (Fsp3) is 0. The van der Waals surface area contributed by atoms with E-state index in [9.17, 15) is 0 Å². The topological polar surface area (TPSA) is 51.6 Å². The first-order valence-electron chi connectivity index (χ1n) is 20.8. The van der Waals surface area contributed by atoms with Gasteiger partial charge in [0.15, 0.2) is 0 Å². The van der Waals surface area contributed by atoms with E-state index < -0.39 is 0 Å². The van der Waals surface area contributed by atoms with Gasteiger partial charge >= 0.3 is 0 Å². The minimum atomic E-state index is 0.868. The molecule has 0 unspecified atom stereocenters. The molecule has 11 rings (SSSR count). The van der Waals surface area contributed by atoms with E-state index in [1.165, 1.54) is 0 Å². The molecular weight excluding hydrogens is 753 g/mol. The van der Waals surface area contributed by atoms with Crippen LogP contribution in [-0.2, 0) is 0 Å². The Morgan fingerprint density at radius 3 is 1.11 bits per heavy atom. The van der Waals surface area contributed by atoms with Crippen LogP contribution >= 0.6 is 0 Å². The Bertz CT molecular complexity index is 3230. The lowest BCUT2D eigenvalue weighted by atomic mass is 9.86. The van der Waals surface area contributed by atoms with E-state index in [4.69, 9.17) is 19.9 Å². The molecule has 4 heterocycles. The number of fused-ring (bicyclic) bond motifs is 3. The first-order chi connectivity index (χ1) is 30.7. The fourth-order valence-corrected chi connectivity index (χ4v) is 8.59. The lowest BCUT2D eigenvalue weighted by molar-refractivity contribution is 1.32. The average Bonchev–Trinajstić information content (AvgIpc) is 3.36. The molecule has 0 radical (unpaired) electrons. The zero-order chi connectivity index (χ0) is 41.2. The molecule has 0 fully saturated rings. The third kappa shape index (κ3) is 7.00.